The van der Waals surface area contributed by atoms with Gasteiger partial charge >= 0.3 is 0 Å². The van der Waals surface area contributed by atoms with Crippen molar-refractivity contribution in [1.82, 2.24) is 15.1 Å². The summed E-state index contributed by atoms with van der Waals surface area (Å²) in [4.78, 5) is 12.1. The van der Waals surface area contributed by atoms with Crippen LogP contribution in [0.15, 0.2) is 6.20 Å². The lowest BCUT2D eigenvalue weighted by Gasteiger charge is -2.17. The van der Waals surface area contributed by atoms with Crippen LogP contribution in [0.25, 0.3) is 0 Å². The molecule has 0 aliphatic heterocycles. The van der Waals surface area contributed by atoms with E-state index < -0.39 is 0 Å². The molecule has 5 nitrogen and oxygen atoms in total. The molecule has 0 amide bonds. The molecule has 1 aromatic rings. The molecule has 16 heavy (non-hydrogen) atoms. The van der Waals surface area contributed by atoms with Gasteiger partial charge in [-0.2, -0.15) is 5.10 Å². The molecule has 3 N–H and O–H groups in total. The molecule has 1 aromatic heterocycles. The lowest BCUT2D eigenvalue weighted by atomic mass is 10.0. The summed E-state index contributed by atoms with van der Waals surface area (Å²) in [6.07, 6.45) is 2.30. The quantitative estimate of drug-likeness (QED) is 0.801. The molecule has 0 fully saturated rings. The van der Waals surface area contributed by atoms with Crippen molar-refractivity contribution in [1.29, 1.82) is 0 Å². The fourth-order valence-corrected chi connectivity index (χ4v) is 1.61. The van der Waals surface area contributed by atoms with E-state index in [0.29, 0.717) is 17.3 Å². The number of carbonyl (C=O) groups excluding carboxylic acids is 1. The summed E-state index contributed by atoms with van der Waals surface area (Å²) in [6.45, 7) is 5.96. The van der Waals surface area contributed by atoms with Crippen LogP contribution in [0.2, 0.25) is 0 Å². The van der Waals surface area contributed by atoms with Gasteiger partial charge in [-0.15, -0.1) is 0 Å². The Morgan fingerprint density at radius 1 is 1.62 bits per heavy atom. The Kier molecular flexibility index (Phi) is 4.06. The smallest absolute Gasteiger partial charge is 0.264 e. The van der Waals surface area contributed by atoms with E-state index in [1.54, 1.807) is 14.0 Å². The van der Waals surface area contributed by atoms with E-state index in [1.165, 1.54) is 10.9 Å². The van der Waals surface area contributed by atoms with Gasteiger partial charge in [-0.1, -0.05) is 13.8 Å². The number of nitrogens with two attached hydrogens (primary N) is 1. The van der Waals surface area contributed by atoms with Crippen molar-refractivity contribution in [3.63, 3.8) is 0 Å². The summed E-state index contributed by atoms with van der Waals surface area (Å²) in [5.74, 6) is 0.403. The van der Waals surface area contributed by atoms with E-state index in [9.17, 15) is 4.79 Å². The number of nitrogens with one attached hydrogen (secondary N) is 1. The predicted octanol–water partition coefficient (Wildman–Crippen LogP) is 1.05. The maximum atomic E-state index is 12.1. The highest BCUT2D eigenvalue weighted by atomic mass is 16.2. The van der Waals surface area contributed by atoms with Crippen molar-refractivity contribution in [2.75, 3.05) is 12.8 Å². The standard InChI is InChI=1S/C11H20N4O/c1-7(2)5-10(13-4)11(16)15-8(3)9(12)6-14-15/h6-7,10,13H,5,12H2,1-4H3. The van der Waals surface area contributed by atoms with Gasteiger partial charge in [-0.3, -0.25) is 4.79 Å². The van der Waals surface area contributed by atoms with Crippen molar-refractivity contribution in [2.45, 2.75) is 33.2 Å². The highest BCUT2D eigenvalue weighted by Crippen LogP contribution is 2.12. The minimum absolute atomic E-state index is 0.0506. The number of likely N-dealkylation sites (N-methyl/N-ethyl adjacent to an activating group) is 1. The molecular weight excluding hydrogens is 204 g/mol. The van der Waals surface area contributed by atoms with E-state index in [2.05, 4.69) is 24.3 Å². The monoisotopic (exact) mass is 224 g/mol. The van der Waals surface area contributed by atoms with Crippen LogP contribution in [-0.2, 0) is 0 Å². The van der Waals surface area contributed by atoms with Crippen molar-refractivity contribution >= 4 is 11.6 Å². The van der Waals surface area contributed by atoms with E-state index in [4.69, 9.17) is 5.73 Å². The summed E-state index contributed by atoms with van der Waals surface area (Å²) in [7, 11) is 1.78. The van der Waals surface area contributed by atoms with Crippen LogP contribution in [-0.4, -0.2) is 28.8 Å². The predicted molar refractivity (Wildman–Crippen MR) is 64.3 cm³/mol. The highest BCUT2D eigenvalue weighted by Gasteiger charge is 2.21. The third-order valence-corrected chi connectivity index (χ3v) is 2.61. The Morgan fingerprint density at radius 2 is 2.25 bits per heavy atom. The van der Waals surface area contributed by atoms with Gasteiger partial charge in [-0.05, 0) is 26.3 Å². The first-order chi connectivity index (χ1) is 7.47. The van der Waals surface area contributed by atoms with Crippen LogP contribution in [0.4, 0.5) is 5.69 Å². The molecule has 0 saturated carbocycles. The molecular formula is C11H20N4O. The zero-order valence-electron chi connectivity index (χ0n) is 10.3. The van der Waals surface area contributed by atoms with Crippen LogP contribution >= 0.6 is 0 Å². The van der Waals surface area contributed by atoms with Gasteiger partial charge in [-0.25, -0.2) is 4.68 Å². The topological polar surface area (TPSA) is 72.9 Å². The SMILES string of the molecule is CNC(CC(C)C)C(=O)n1ncc(N)c1C. The first-order valence-corrected chi connectivity index (χ1v) is 5.49. The molecule has 1 heterocycles. The van der Waals surface area contributed by atoms with Crippen LogP contribution in [0.1, 0.15) is 30.8 Å². The fourth-order valence-electron chi connectivity index (χ4n) is 1.61. The molecule has 90 valence electrons. The molecule has 0 saturated heterocycles. The first kappa shape index (κ1) is 12.7. The Balaban J connectivity index is 2.87. The molecule has 1 rings (SSSR count). The molecule has 0 spiro atoms. The van der Waals surface area contributed by atoms with Crippen LogP contribution in [0.5, 0.6) is 0 Å². The molecule has 0 radical (unpaired) electrons. The average molecular weight is 224 g/mol. The molecule has 0 aliphatic carbocycles. The molecule has 1 atom stereocenters. The second-order valence-corrected chi connectivity index (χ2v) is 4.41. The maximum absolute atomic E-state index is 12.1. The number of nitrogen functional groups attached to an aromatic ring is 1. The van der Waals surface area contributed by atoms with Crippen molar-refractivity contribution < 1.29 is 4.79 Å². The summed E-state index contributed by atoms with van der Waals surface area (Å²) < 4.78 is 1.37. The highest BCUT2D eigenvalue weighted by molar-refractivity contribution is 5.84. The molecule has 0 aliphatic rings. The van der Waals surface area contributed by atoms with Crippen LogP contribution < -0.4 is 11.1 Å². The zero-order chi connectivity index (χ0) is 12.3. The van der Waals surface area contributed by atoms with Crippen LogP contribution in [0, 0.1) is 12.8 Å². The largest absolute Gasteiger partial charge is 0.396 e. The number of nitrogens with zero attached hydrogens (tertiary/aromatic N) is 2. The van der Waals surface area contributed by atoms with Gasteiger partial charge in [0, 0.05) is 0 Å². The fraction of sp³-hybridized carbons (Fsp3) is 0.636. The van der Waals surface area contributed by atoms with Crippen molar-refractivity contribution in [3.8, 4) is 0 Å². The van der Waals surface area contributed by atoms with E-state index in [0.717, 1.165) is 6.42 Å². The van der Waals surface area contributed by atoms with Gasteiger partial charge in [0.25, 0.3) is 5.91 Å². The molecule has 0 aromatic carbocycles. The normalized spacial score (nSPS) is 13.1. The van der Waals surface area contributed by atoms with Crippen molar-refractivity contribution in [3.05, 3.63) is 11.9 Å². The van der Waals surface area contributed by atoms with E-state index >= 15 is 0 Å². The van der Waals surface area contributed by atoms with E-state index in [1.807, 2.05) is 0 Å². The first-order valence-electron chi connectivity index (χ1n) is 5.49. The number of carbonyl (C=O) groups is 1. The summed E-state index contributed by atoms with van der Waals surface area (Å²) in [5, 5.41) is 7.01. The van der Waals surface area contributed by atoms with Gasteiger partial charge in [0.2, 0.25) is 0 Å². The number of rotatable bonds is 4. The minimum Gasteiger partial charge on any atom is -0.396 e. The molecule has 1 unspecified atom stereocenters. The van der Waals surface area contributed by atoms with E-state index in [-0.39, 0.29) is 11.9 Å². The van der Waals surface area contributed by atoms with Crippen molar-refractivity contribution in [2.24, 2.45) is 5.92 Å². The average Bonchev–Trinajstić information content (AvgIpc) is 2.55. The van der Waals surface area contributed by atoms with Gasteiger partial charge in [0.15, 0.2) is 0 Å². The number of hydrogen-bond donors (Lipinski definition) is 2. The Morgan fingerprint density at radius 3 is 2.62 bits per heavy atom. The Labute approximate surface area is 96.0 Å². The van der Waals surface area contributed by atoms with Gasteiger partial charge < -0.3 is 11.1 Å². The lowest BCUT2D eigenvalue weighted by Crippen LogP contribution is -2.39. The summed E-state index contributed by atoms with van der Waals surface area (Å²) in [6, 6.07) is -0.210. The Hall–Kier alpha value is -1.36. The maximum Gasteiger partial charge on any atom is 0.264 e. The Bertz CT molecular complexity index is 370. The third kappa shape index (κ3) is 2.61. The minimum atomic E-state index is -0.210. The van der Waals surface area contributed by atoms with Crippen LogP contribution in [0.3, 0.4) is 0 Å². The third-order valence-electron chi connectivity index (χ3n) is 2.61. The lowest BCUT2D eigenvalue weighted by molar-refractivity contribution is 0.0832. The second kappa shape index (κ2) is 5.12. The molecule has 5 heteroatoms. The summed E-state index contributed by atoms with van der Waals surface area (Å²) in [5.41, 5.74) is 6.92. The number of anilines is 1. The number of hydrogen-bond acceptors (Lipinski definition) is 4. The molecule has 0 bridgehead atoms. The number of aromatic nitrogens is 2. The van der Waals surface area contributed by atoms with Gasteiger partial charge in [0.05, 0.1) is 23.6 Å². The summed E-state index contributed by atoms with van der Waals surface area (Å²) >= 11 is 0. The zero-order valence-corrected chi connectivity index (χ0v) is 10.3. The second-order valence-electron chi connectivity index (χ2n) is 4.41. The van der Waals surface area contributed by atoms with Gasteiger partial charge in [0.1, 0.15) is 0 Å².